The van der Waals surface area contributed by atoms with E-state index < -0.39 is 0 Å². The average Bonchev–Trinajstić information content (AvgIpc) is 2.43. The Bertz CT molecular complexity index is 123. The molecule has 1 aliphatic carbocycles. The molecule has 0 aliphatic heterocycles. The molecule has 10 heavy (non-hydrogen) atoms. The highest BCUT2D eigenvalue weighted by atomic mass is 13.9. The molecule has 0 nitrogen and oxygen atoms in total. The molecule has 0 saturated heterocycles. The molecular formula is C10H16. The fourth-order valence-corrected chi connectivity index (χ4v) is 0.589. The average molecular weight is 136 g/mol. The van der Waals surface area contributed by atoms with Crippen molar-refractivity contribution in [3.05, 3.63) is 37.0 Å². The van der Waals surface area contributed by atoms with Crippen LogP contribution in [-0.4, -0.2) is 0 Å². The lowest BCUT2D eigenvalue weighted by Gasteiger charge is -1.71. The summed E-state index contributed by atoms with van der Waals surface area (Å²) in [6.45, 7) is 8.93. The molecule has 0 spiro atoms. The minimum Gasteiger partial charge on any atom is -0.0988 e. The van der Waals surface area contributed by atoms with Crippen LogP contribution in [0.5, 0.6) is 0 Å². The minimum atomic E-state index is 1.02. The Morgan fingerprint density at radius 2 is 1.80 bits per heavy atom. The van der Waals surface area contributed by atoms with Gasteiger partial charge in [-0.3, -0.25) is 0 Å². The van der Waals surface area contributed by atoms with Crippen molar-refractivity contribution in [2.75, 3.05) is 0 Å². The van der Waals surface area contributed by atoms with Crippen LogP contribution in [0.3, 0.4) is 0 Å². The summed E-state index contributed by atoms with van der Waals surface area (Å²) in [4.78, 5) is 0. The smallest absolute Gasteiger partial charge is 0.0348 e. The lowest BCUT2D eigenvalue weighted by Crippen LogP contribution is -1.50. The van der Waals surface area contributed by atoms with Crippen LogP contribution >= 0.6 is 0 Å². The molecule has 0 aromatic carbocycles. The summed E-state index contributed by atoms with van der Waals surface area (Å²) in [5.41, 5.74) is 1.02. The third-order valence-electron chi connectivity index (χ3n) is 1.26. The van der Waals surface area contributed by atoms with Gasteiger partial charge >= 0.3 is 0 Å². The van der Waals surface area contributed by atoms with Crippen molar-refractivity contribution >= 4 is 0 Å². The Labute approximate surface area is 64.0 Å². The standard InChI is InChI=1S/2C5H8/c1-2-4-5-3-1;1-4-5(2)3/h1-2H,3-5H2;4H,1-2H2,3H3. The second-order valence-electron chi connectivity index (χ2n) is 2.45. The fraction of sp³-hybridized carbons (Fsp3) is 0.400. The van der Waals surface area contributed by atoms with E-state index in [9.17, 15) is 0 Å². The Hall–Kier alpha value is -0.780. The molecule has 0 N–H and O–H groups in total. The SMILES string of the molecule is C1=CCCC1.C=CC(=C)C. The normalized spacial score (nSPS) is 13.7. The zero-order valence-corrected chi connectivity index (χ0v) is 6.77. The molecule has 0 amide bonds. The molecule has 0 heterocycles. The van der Waals surface area contributed by atoms with Crippen molar-refractivity contribution in [1.29, 1.82) is 0 Å². The van der Waals surface area contributed by atoms with Gasteiger partial charge in [-0.2, -0.15) is 0 Å². The van der Waals surface area contributed by atoms with Crippen LogP contribution in [0.4, 0.5) is 0 Å². The largest absolute Gasteiger partial charge is 0.0988 e. The Balaban J connectivity index is 0.000000162. The molecule has 0 heteroatoms. The topological polar surface area (TPSA) is 0 Å². The van der Waals surface area contributed by atoms with E-state index in [1.165, 1.54) is 19.3 Å². The second kappa shape index (κ2) is 6.34. The summed E-state index contributed by atoms with van der Waals surface area (Å²) in [5.74, 6) is 0. The highest BCUT2D eigenvalue weighted by Crippen LogP contribution is 2.05. The number of allylic oxidation sites excluding steroid dienone is 4. The molecule has 1 rings (SSSR count). The molecule has 0 fully saturated rings. The molecule has 0 aromatic heterocycles. The van der Waals surface area contributed by atoms with Gasteiger partial charge in [0.15, 0.2) is 0 Å². The van der Waals surface area contributed by atoms with Crippen molar-refractivity contribution in [2.24, 2.45) is 0 Å². The zero-order chi connectivity index (χ0) is 7.82. The van der Waals surface area contributed by atoms with Gasteiger partial charge in [-0.1, -0.05) is 37.0 Å². The quantitative estimate of drug-likeness (QED) is 0.382. The Kier molecular flexibility index (Phi) is 5.85. The number of hydrogen-bond acceptors (Lipinski definition) is 0. The third-order valence-corrected chi connectivity index (χ3v) is 1.26. The maximum absolute atomic E-state index is 3.56. The first-order valence-corrected chi connectivity index (χ1v) is 3.70. The first kappa shape index (κ1) is 9.22. The summed E-state index contributed by atoms with van der Waals surface area (Å²) in [6.07, 6.45) is 10.2. The maximum Gasteiger partial charge on any atom is -0.0348 e. The van der Waals surface area contributed by atoms with E-state index in [0.717, 1.165) is 5.57 Å². The molecule has 56 valence electrons. The molecular weight excluding hydrogens is 120 g/mol. The van der Waals surface area contributed by atoms with Crippen molar-refractivity contribution < 1.29 is 0 Å². The van der Waals surface area contributed by atoms with Gasteiger partial charge in [-0.05, 0) is 26.2 Å². The number of hydrogen-bond donors (Lipinski definition) is 0. The van der Waals surface area contributed by atoms with Gasteiger partial charge in [0, 0.05) is 0 Å². The van der Waals surface area contributed by atoms with Crippen LogP contribution in [0, 0.1) is 0 Å². The van der Waals surface area contributed by atoms with Gasteiger partial charge in [0.05, 0.1) is 0 Å². The molecule has 0 radical (unpaired) electrons. The maximum atomic E-state index is 3.56. The first-order valence-electron chi connectivity index (χ1n) is 3.70. The highest BCUT2D eigenvalue weighted by molar-refractivity contribution is 5.05. The molecule has 0 saturated carbocycles. The van der Waals surface area contributed by atoms with E-state index in [0.29, 0.717) is 0 Å². The summed E-state index contributed by atoms with van der Waals surface area (Å²) in [5, 5.41) is 0. The lowest BCUT2D eigenvalue weighted by molar-refractivity contribution is 0.929. The van der Waals surface area contributed by atoms with Crippen LogP contribution in [0.15, 0.2) is 37.0 Å². The summed E-state index contributed by atoms with van der Waals surface area (Å²) in [6, 6.07) is 0. The van der Waals surface area contributed by atoms with E-state index in [2.05, 4.69) is 25.3 Å². The van der Waals surface area contributed by atoms with E-state index in [-0.39, 0.29) is 0 Å². The van der Waals surface area contributed by atoms with Gasteiger partial charge in [0.25, 0.3) is 0 Å². The van der Waals surface area contributed by atoms with Crippen LogP contribution in [-0.2, 0) is 0 Å². The Morgan fingerprint density at radius 3 is 1.90 bits per heavy atom. The first-order chi connectivity index (χ1) is 4.77. The third kappa shape index (κ3) is 7.22. The highest BCUT2D eigenvalue weighted by Gasteiger charge is 1.84. The Morgan fingerprint density at radius 1 is 1.40 bits per heavy atom. The second-order valence-corrected chi connectivity index (χ2v) is 2.45. The van der Waals surface area contributed by atoms with Crippen molar-refractivity contribution in [3.8, 4) is 0 Å². The summed E-state index contributed by atoms with van der Waals surface area (Å²) >= 11 is 0. The molecule has 1 aliphatic rings. The van der Waals surface area contributed by atoms with Gasteiger partial charge in [-0.15, -0.1) is 0 Å². The molecule has 0 bridgehead atoms. The van der Waals surface area contributed by atoms with E-state index in [4.69, 9.17) is 0 Å². The van der Waals surface area contributed by atoms with Gasteiger partial charge in [0.1, 0.15) is 0 Å². The van der Waals surface area contributed by atoms with Crippen molar-refractivity contribution in [3.63, 3.8) is 0 Å². The van der Waals surface area contributed by atoms with Gasteiger partial charge in [0.2, 0.25) is 0 Å². The van der Waals surface area contributed by atoms with E-state index in [1.807, 2.05) is 6.92 Å². The van der Waals surface area contributed by atoms with Crippen LogP contribution in [0.25, 0.3) is 0 Å². The predicted molar refractivity (Wildman–Crippen MR) is 48.0 cm³/mol. The summed E-state index contributed by atoms with van der Waals surface area (Å²) in [7, 11) is 0. The predicted octanol–water partition coefficient (Wildman–Crippen LogP) is 3.48. The van der Waals surface area contributed by atoms with Crippen LogP contribution in [0.1, 0.15) is 26.2 Å². The molecule has 0 unspecified atom stereocenters. The van der Waals surface area contributed by atoms with Crippen molar-refractivity contribution in [1.82, 2.24) is 0 Å². The van der Waals surface area contributed by atoms with Gasteiger partial charge in [-0.25, -0.2) is 0 Å². The fourth-order valence-electron chi connectivity index (χ4n) is 0.589. The number of rotatable bonds is 1. The van der Waals surface area contributed by atoms with Crippen molar-refractivity contribution in [2.45, 2.75) is 26.2 Å². The lowest BCUT2D eigenvalue weighted by atomic mass is 10.4. The molecule has 0 aromatic rings. The minimum absolute atomic E-state index is 1.02. The van der Waals surface area contributed by atoms with E-state index >= 15 is 0 Å². The zero-order valence-electron chi connectivity index (χ0n) is 6.77. The van der Waals surface area contributed by atoms with Gasteiger partial charge < -0.3 is 0 Å². The summed E-state index contributed by atoms with van der Waals surface area (Å²) < 4.78 is 0. The van der Waals surface area contributed by atoms with E-state index in [1.54, 1.807) is 6.08 Å². The van der Waals surface area contributed by atoms with Crippen LogP contribution < -0.4 is 0 Å². The monoisotopic (exact) mass is 136 g/mol. The molecule has 0 atom stereocenters. The van der Waals surface area contributed by atoms with Crippen LogP contribution in [0.2, 0.25) is 0 Å².